The first-order chi connectivity index (χ1) is 16.3. The van der Waals surface area contributed by atoms with Gasteiger partial charge in [-0.15, -0.1) is 0 Å². The second kappa shape index (κ2) is 12.2. The molecule has 2 aromatic carbocycles. The van der Waals surface area contributed by atoms with Gasteiger partial charge in [0.1, 0.15) is 18.0 Å². The van der Waals surface area contributed by atoms with Crippen molar-refractivity contribution in [1.82, 2.24) is 0 Å². The Morgan fingerprint density at radius 2 is 1.54 bits per heavy atom. The molecule has 0 saturated carbocycles. The van der Waals surface area contributed by atoms with Crippen molar-refractivity contribution in [3.05, 3.63) is 65.7 Å². The van der Waals surface area contributed by atoms with E-state index in [0.717, 1.165) is 5.56 Å². The van der Waals surface area contributed by atoms with E-state index in [4.69, 9.17) is 18.9 Å². The third kappa shape index (κ3) is 9.70. The first kappa shape index (κ1) is 28.3. The summed E-state index contributed by atoms with van der Waals surface area (Å²) in [5.74, 6) is -3.00. The van der Waals surface area contributed by atoms with Crippen molar-refractivity contribution in [3.63, 3.8) is 0 Å². The smallest absolute Gasteiger partial charge is 0.321 e. The van der Waals surface area contributed by atoms with Gasteiger partial charge in [0.2, 0.25) is 0 Å². The number of ether oxygens (including phenoxy) is 4. The Morgan fingerprint density at radius 3 is 2.11 bits per heavy atom. The number of carbonyl (C=O) groups excluding carboxylic acids is 2. The van der Waals surface area contributed by atoms with Crippen molar-refractivity contribution >= 4 is 11.9 Å². The van der Waals surface area contributed by atoms with Gasteiger partial charge in [0, 0.05) is 12.3 Å². The lowest BCUT2D eigenvalue weighted by Gasteiger charge is -2.31. The van der Waals surface area contributed by atoms with Crippen LogP contribution >= 0.6 is 0 Å². The maximum absolute atomic E-state index is 13.2. The van der Waals surface area contributed by atoms with E-state index >= 15 is 0 Å². The van der Waals surface area contributed by atoms with Crippen molar-refractivity contribution in [3.8, 4) is 5.75 Å². The minimum Gasteiger partial charge on any atom is -0.489 e. The minimum atomic E-state index is -1.30. The second-order valence-electron chi connectivity index (χ2n) is 10.4. The SMILES string of the molecule is COC(=O)C(C(=O)OC(C)(C)C)[C@H](CC(O)OC(C)(C)C)c1cccc(OCc2ccccc2)c1. The quantitative estimate of drug-likeness (QED) is 0.287. The zero-order chi connectivity index (χ0) is 26.2. The predicted molar refractivity (Wildman–Crippen MR) is 133 cm³/mol. The predicted octanol–water partition coefficient (Wildman–Crippen LogP) is 5.00. The lowest BCUT2D eigenvalue weighted by atomic mass is 9.82. The molecule has 0 aliphatic carbocycles. The van der Waals surface area contributed by atoms with Crippen LogP contribution in [0.4, 0.5) is 0 Å². The number of rotatable bonds is 10. The van der Waals surface area contributed by atoms with Crippen LogP contribution in [0.3, 0.4) is 0 Å². The van der Waals surface area contributed by atoms with Gasteiger partial charge in [0.15, 0.2) is 12.2 Å². The van der Waals surface area contributed by atoms with Gasteiger partial charge >= 0.3 is 11.9 Å². The maximum atomic E-state index is 13.2. The van der Waals surface area contributed by atoms with Crippen LogP contribution in [-0.4, -0.2) is 41.6 Å². The summed E-state index contributed by atoms with van der Waals surface area (Å²) in [4.78, 5) is 26.0. The van der Waals surface area contributed by atoms with Gasteiger partial charge < -0.3 is 24.1 Å². The molecule has 0 radical (unpaired) electrons. The molecule has 35 heavy (non-hydrogen) atoms. The summed E-state index contributed by atoms with van der Waals surface area (Å²) in [6.07, 6.45) is -1.26. The van der Waals surface area contributed by atoms with Crippen molar-refractivity contribution < 1.29 is 33.6 Å². The Labute approximate surface area is 208 Å². The lowest BCUT2D eigenvalue weighted by molar-refractivity contribution is -0.179. The molecule has 1 N–H and O–H groups in total. The summed E-state index contributed by atoms with van der Waals surface area (Å²) in [5.41, 5.74) is 0.185. The molecule has 0 spiro atoms. The fourth-order valence-corrected chi connectivity index (χ4v) is 3.63. The van der Waals surface area contributed by atoms with Gasteiger partial charge in [-0.25, -0.2) is 0 Å². The molecule has 0 fully saturated rings. The van der Waals surface area contributed by atoms with Gasteiger partial charge in [-0.05, 0) is 64.8 Å². The highest BCUT2D eigenvalue weighted by atomic mass is 16.6. The molecule has 0 saturated heterocycles. The number of methoxy groups -OCH3 is 1. The van der Waals surface area contributed by atoms with Crippen molar-refractivity contribution in [2.24, 2.45) is 5.92 Å². The van der Waals surface area contributed by atoms with E-state index in [-0.39, 0.29) is 6.42 Å². The molecular weight excluding hydrogens is 448 g/mol. The maximum Gasteiger partial charge on any atom is 0.321 e. The fraction of sp³-hybridized carbons (Fsp3) is 0.500. The van der Waals surface area contributed by atoms with Crippen LogP contribution in [0.15, 0.2) is 54.6 Å². The van der Waals surface area contributed by atoms with Crippen molar-refractivity contribution in [1.29, 1.82) is 0 Å². The summed E-state index contributed by atoms with van der Waals surface area (Å²) in [6.45, 7) is 11.0. The number of aliphatic hydroxyl groups is 1. The molecule has 2 unspecified atom stereocenters. The molecule has 0 aliphatic heterocycles. The average Bonchev–Trinajstić information content (AvgIpc) is 2.75. The topological polar surface area (TPSA) is 91.3 Å². The summed E-state index contributed by atoms with van der Waals surface area (Å²) in [5, 5.41) is 10.7. The molecule has 0 bridgehead atoms. The van der Waals surface area contributed by atoms with Crippen LogP contribution in [0.2, 0.25) is 0 Å². The summed E-state index contributed by atoms with van der Waals surface area (Å²) in [6, 6.07) is 16.8. The molecule has 0 amide bonds. The Balaban J connectivity index is 2.41. The number of aliphatic hydroxyl groups excluding tert-OH is 1. The van der Waals surface area contributed by atoms with E-state index in [9.17, 15) is 14.7 Å². The van der Waals surface area contributed by atoms with Gasteiger partial charge in [0.25, 0.3) is 0 Å². The van der Waals surface area contributed by atoms with E-state index in [0.29, 0.717) is 17.9 Å². The van der Waals surface area contributed by atoms with Crippen LogP contribution in [0.25, 0.3) is 0 Å². The fourth-order valence-electron chi connectivity index (χ4n) is 3.63. The molecule has 192 valence electrons. The minimum absolute atomic E-state index is 0.0293. The molecule has 7 heteroatoms. The lowest BCUT2D eigenvalue weighted by Crippen LogP contribution is -2.39. The van der Waals surface area contributed by atoms with Crippen molar-refractivity contribution in [2.75, 3.05) is 7.11 Å². The third-order valence-electron chi connectivity index (χ3n) is 5.00. The second-order valence-corrected chi connectivity index (χ2v) is 10.4. The van der Waals surface area contributed by atoms with Gasteiger partial charge in [-0.2, -0.15) is 0 Å². The number of benzene rings is 2. The summed E-state index contributed by atoms with van der Waals surface area (Å²) in [7, 11) is 1.22. The first-order valence-electron chi connectivity index (χ1n) is 11.7. The Hall–Kier alpha value is -2.90. The Morgan fingerprint density at radius 1 is 0.886 bits per heavy atom. The van der Waals surface area contributed by atoms with E-state index < -0.39 is 41.3 Å². The highest BCUT2D eigenvalue weighted by molar-refractivity contribution is 5.96. The number of carbonyl (C=O) groups is 2. The monoisotopic (exact) mass is 486 g/mol. The van der Waals surface area contributed by atoms with Crippen LogP contribution < -0.4 is 4.74 Å². The molecule has 0 aromatic heterocycles. The largest absolute Gasteiger partial charge is 0.489 e. The van der Waals surface area contributed by atoms with Crippen LogP contribution in [0.5, 0.6) is 5.75 Å². The zero-order valence-electron chi connectivity index (χ0n) is 21.7. The van der Waals surface area contributed by atoms with Crippen molar-refractivity contribution in [2.45, 2.75) is 78.0 Å². The van der Waals surface area contributed by atoms with Crippen LogP contribution in [0, 0.1) is 5.92 Å². The standard InChI is InChI=1S/C28H38O7/c1-27(2,3)34-23(29)17-22(24(25(30)32-7)26(31)35-28(4,5)6)20-14-11-15-21(16-20)33-18-19-12-9-8-10-13-19/h8-16,22-24,29H,17-18H2,1-7H3/t22-,23?,24?/m1/s1. The number of esters is 2. The van der Waals surface area contributed by atoms with Crippen LogP contribution in [-0.2, 0) is 30.4 Å². The normalized spacial score (nSPS) is 14.5. The Bertz CT molecular complexity index is 957. The van der Waals surface area contributed by atoms with E-state index in [1.54, 1.807) is 45.0 Å². The number of hydrogen-bond acceptors (Lipinski definition) is 7. The molecule has 2 rings (SSSR count). The van der Waals surface area contributed by atoms with Gasteiger partial charge in [-0.3, -0.25) is 9.59 Å². The molecular formula is C28H38O7. The van der Waals surface area contributed by atoms with Gasteiger partial charge in [-0.1, -0.05) is 42.5 Å². The number of hydrogen-bond donors (Lipinski definition) is 1. The van der Waals surface area contributed by atoms with Crippen LogP contribution in [0.1, 0.15) is 65.0 Å². The van der Waals surface area contributed by atoms with E-state index in [1.807, 2.05) is 51.1 Å². The van der Waals surface area contributed by atoms with E-state index in [2.05, 4.69) is 0 Å². The molecule has 0 heterocycles. The first-order valence-corrected chi connectivity index (χ1v) is 11.7. The third-order valence-corrected chi connectivity index (χ3v) is 5.00. The van der Waals surface area contributed by atoms with Gasteiger partial charge in [0.05, 0.1) is 12.7 Å². The average molecular weight is 487 g/mol. The Kier molecular flexibility index (Phi) is 9.86. The molecule has 7 nitrogen and oxygen atoms in total. The highest BCUT2D eigenvalue weighted by Gasteiger charge is 2.41. The summed E-state index contributed by atoms with van der Waals surface area (Å²) >= 11 is 0. The molecule has 3 atom stereocenters. The summed E-state index contributed by atoms with van der Waals surface area (Å²) < 4.78 is 22.2. The molecule has 0 aliphatic rings. The molecule has 2 aromatic rings. The van der Waals surface area contributed by atoms with E-state index in [1.165, 1.54) is 7.11 Å². The zero-order valence-corrected chi connectivity index (χ0v) is 21.7. The highest BCUT2D eigenvalue weighted by Crippen LogP contribution is 2.35.